The van der Waals surface area contributed by atoms with Gasteiger partial charge in [0, 0.05) is 0 Å². The van der Waals surface area contributed by atoms with Gasteiger partial charge in [0.2, 0.25) is 95.0 Å². The van der Waals surface area contributed by atoms with Crippen LogP contribution in [0.2, 0.25) is 0 Å². The summed E-state index contributed by atoms with van der Waals surface area (Å²) < 4.78 is 281. The normalized spacial score (nSPS) is 29.1. The summed E-state index contributed by atoms with van der Waals surface area (Å²) in [7, 11) is 0. The fourth-order valence-electron chi connectivity index (χ4n) is 4.30. The summed E-state index contributed by atoms with van der Waals surface area (Å²) in [5, 5.41) is 0. The maximum Gasteiger partial charge on any atom is 0.227 e. The number of ether oxygens (including phenoxy) is 3. The molecule has 51 heteroatoms. The third-order valence-electron chi connectivity index (χ3n) is 5.75. The van der Waals surface area contributed by atoms with Gasteiger partial charge >= 0.3 is 0 Å². The van der Waals surface area contributed by atoms with Crippen molar-refractivity contribution >= 4 is 89.2 Å². The first-order valence-corrected chi connectivity index (χ1v) is 24.0. The van der Waals surface area contributed by atoms with E-state index in [0.717, 1.165) is 0 Å². The standard InChI is InChI=1S/C12H38O35S8.8H3N/c13-48(14,15)37-1-4-6(43-51(22,23)24)8(45-53(28,29)30)9(46-54(31,32)33)11(40-4)42-12(3-39-50(19,20)21)10(47-55(34,35)36)7(44-52(25,26)27)5(41-12)2-38-49(16,17)18;;;;;;;;/h4-11,13-36H,1-3H2;8*1H3. The molecule has 2 fully saturated rings. The zero-order valence-corrected chi connectivity index (χ0v) is 37.9. The summed E-state index contributed by atoms with van der Waals surface area (Å²) >= 11 is -43.1. The van der Waals surface area contributed by atoms with Gasteiger partial charge < -0.3 is 63.4 Å². The van der Waals surface area contributed by atoms with E-state index in [4.69, 9.17) is 14.2 Å². The molecular weight excluding hydrogens is 1070 g/mol. The Labute approximate surface area is 368 Å². The van der Waals surface area contributed by atoms with E-state index in [2.05, 4.69) is 33.5 Å². The largest absolute Gasteiger partial charge is 0.344 e. The van der Waals surface area contributed by atoms with Crippen LogP contribution in [0.5, 0.6) is 0 Å². The van der Waals surface area contributed by atoms with Gasteiger partial charge in [-0.1, -0.05) is 0 Å². The van der Waals surface area contributed by atoms with Crippen LogP contribution in [0.3, 0.4) is 0 Å². The predicted molar refractivity (Wildman–Crippen MR) is 224 cm³/mol. The second-order valence-corrected chi connectivity index (χ2v) is 19.1. The maximum absolute atomic E-state index is 9.78. The molecule has 0 spiro atoms. The SMILES string of the molecule is N.N.N.N.N.N.N.N.OS(O)(O)OCC1OC(OC2(COS(O)(O)O)OC(COS(O)(O)O)C(OS(O)(O)O)C2OS(O)(O)O)C(OS(O)(O)O)C(OS(O)(O)O)C1OS(O)(O)O. The van der Waals surface area contributed by atoms with E-state index in [-0.39, 0.29) is 49.2 Å². The average molecular weight is 1140 g/mol. The van der Waals surface area contributed by atoms with E-state index in [9.17, 15) is 109 Å². The molecule has 0 saturated carbocycles. The van der Waals surface area contributed by atoms with Crippen molar-refractivity contribution in [3.05, 3.63) is 0 Å². The van der Waals surface area contributed by atoms with E-state index < -0.39 is 164 Å². The van der Waals surface area contributed by atoms with Crippen molar-refractivity contribution in [1.82, 2.24) is 49.2 Å². The summed E-state index contributed by atoms with van der Waals surface area (Å²) in [5.41, 5.74) is 0. The highest BCUT2D eigenvalue weighted by molar-refractivity contribution is 8.16. The third kappa shape index (κ3) is 29.7. The zero-order valence-electron chi connectivity index (χ0n) is 31.4. The minimum Gasteiger partial charge on any atom is -0.344 e. The van der Waals surface area contributed by atoms with Gasteiger partial charge in [-0.3, -0.25) is 143 Å². The van der Waals surface area contributed by atoms with Crippen LogP contribution in [-0.2, 0) is 47.7 Å². The Morgan fingerprint density at radius 1 is 0.349 bits per heavy atom. The minimum absolute atomic E-state index is 0. The zero-order chi connectivity index (χ0) is 43.0. The number of hydrogen-bond acceptors (Lipinski definition) is 43. The molecule has 0 bridgehead atoms. The van der Waals surface area contributed by atoms with Gasteiger partial charge in [0.05, 0.1) is 13.2 Å². The van der Waals surface area contributed by atoms with E-state index in [1.54, 1.807) is 0 Å². The lowest BCUT2D eigenvalue weighted by atomic mass is 9.99. The summed E-state index contributed by atoms with van der Waals surface area (Å²) in [4.78, 5) is 0. The van der Waals surface area contributed by atoms with Gasteiger partial charge in [0.15, 0.2) is 18.5 Å². The fourth-order valence-corrected chi connectivity index (χ4v) is 7.86. The molecule has 408 valence electrons. The molecular formula is C12H62N8O35S8. The fraction of sp³-hybridized carbons (Fsp3) is 1.00. The van der Waals surface area contributed by atoms with Gasteiger partial charge in [-0.15, -0.1) is 0 Å². The molecule has 2 aliphatic heterocycles. The van der Waals surface area contributed by atoms with Crippen LogP contribution >= 0.6 is 89.2 Å². The highest BCUT2D eigenvalue weighted by Crippen LogP contribution is 2.55. The second-order valence-electron chi connectivity index (χ2n) is 9.97. The molecule has 48 N–H and O–H groups in total. The Bertz CT molecular complexity index is 1230. The smallest absolute Gasteiger partial charge is 0.227 e. The summed E-state index contributed by atoms with van der Waals surface area (Å²) in [6, 6.07) is 0. The van der Waals surface area contributed by atoms with Crippen molar-refractivity contribution in [2.45, 2.75) is 54.8 Å². The maximum atomic E-state index is 9.78. The molecule has 2 saturated heterocycles. The van der Waals surface area contributed by atoms with Crippen LogP contribution in [0.1, 0.15) is 0 Å². The molecule has 0 aromatic carbocycles. The van der Waals surface area contributed by atoms with E-state index in [1.807, 2.05) is 0 Å². The van der Waals surface area contributed by atoms with E-state index in [1.165, 1.54) is 0 Å². The minimum atomic E-state index is -5.58. The quantitative estimate of drug-likeness (QED) is 0.0702. The van der Waals surface area contributed by atoms with Gasteiger partial charge in [-0.25, -0.2) is 0 Å². The van der Waals surface area contributed by atoms with E-state index >= 15 is 0 Å². The van der Waals surface area contributed by atoms with Gasteiger partial charge in [0.1, 0.15) is 37.1 Å². The molecule has 0 radical (unpaired) electrons. The predicted octanol–water partition coefficient (Wildman–Crippen LogP) is 5.20. The summed E-state index contributed by atoms with van der Waals surface area (Å²) in [6.07, 6.45) is -23.0. The second kappa shape index (κ2) is 28.1. The lowest BCUT2D eigenvalue weighted by Gasteiger charge is -2.49. The lowest BCUT2D eigenvalue weighted by Crippen LogP contribution is -2.65. The molecule has 0 aromatic rings. The topological polar surface area (TPSA) is 867 Å². The monoisotopic (exact) mass is 1130 g/mol. The molecule has 2 aliphatic rings. The Morgan fingerprint density at radius 2 is 0.667 bits per heavy atom. The van der Waals surface area contributed by atoms with Crippen molar-refractivity contribution < 1.29 is 157 Å². The molecule has 0 aliphatic carbocycles. The first-order chi connectivity index (χ1) is 24.2. The molecule has 43 nitrogen and oxygen atoms in total. The van der Waals surface area contributed by atoms with Crippen molar-refractivity contribution in [3.8, 4) is 0 Å². The van der Waals surface area contributed by atoms with Crippen LogP contribution in [0.15, 0.2) is 0 Å². The average Bonchev–Trinajstić information content (AvgIpc) is 3.15. The molecule has 9 unspecified atom stereocenters. The van der Waals surface area contributed by atoms with Crippen LogP contribution in [-0.4, -0.2) is 184 Å². The first-order valence-electron chi connectivity index (χ1n) is 12.6. The number of rotatable bonds is 21. The summed E-state index contributed by atoms with van der Waals surface area (Å²) in [6.45, 7) is -5.26. The van der Waals surface area contributed by atoms with Crippen LogP contribution < -0.4 is 49.2 Å². The Kier molecular flexibility index (Phi) is 34.9. The van der Waals surface area contributed by atoms with Gasteiger partial charge in [-0.05, 0) is 0 Å². The Morgan fingerprint density at radius 3 is 1.02 bits per heavy atom. The van der Waals surface area contributed by atoms with Crippen molar-refractivity contribution in [1.29, 1.82) is 0 Å². The highest BCUT2D eigenvalue weighted by Gasteiger charge is 2.66. The lowest BCUT2D eigenvalue weighted by molar-refractivity contribution is -0.375. The Balaban J connectivity index is -0.000000784. The molecule has 9 atom stereocenters. The molecule has 0 amide bonds. The number of hydrogen-bond donors (Lipinski definition) is 32. The first kappa shape index (κ1) is 78.3. The van der Waals surface area contributed by atoms with Crippen molar-refractivity contribution in [2.75, 3.05) is 19.8 Å². The Hall–Kier alpha value is 1.08. The summed E-state index contributed by atoms with van der Waals surface area (Å²) in [5.74, 6) is -3.74. The van der Waals surface area contributed by atoms with Crippen molar-refractivity contribution in [2.24, 2.45) is 0 Å². The molecule has 63 heavy (non-hydrogen) atoms. The van der Waals surface area contributed by atoms with E-state index in [0.29, 0.717) is 0 Å². The van der Waals surface area contributed by atoms with Crippen LogP contribution in [0.25, 0.3) is 0 Å². The molecule has 2 heterocycles. The molecule has 2 rings (SSSR count). The van der Waals surface area contributed by atoms with Gasteiger partial charge in [-0.2, -0.15) is 0 Å². The van der Waals surface area contributed by atoms with Crippen LogP contribution in [0, 0.1) is 0 Å². The molecule has 0 aromatic heterocycles. The van der Waals surface area contributed by atoms with Gasteiger partial charge in [0.25, 0.3) is 0 Å². The van der Waals surface area contributed by atoms with Crippen LogP contribution in [0.4, 0.5) is 0 Å². The highest BCUT2D eigenvalue weighted by atomic mass is 32.3. The third-order valence-corrected chi connectivity index (χ3v) is 9.47. The van der Waals surface area contributed by atoms with Crippen molar-refractivity contribution in [3.63, 3.8) is 0 Å².